The highest BCUT2D eigenvalue weighted by atomic mass is 79.9. The number of hydrogen-bond acceptors (Lipinski definition) is 4. The Labute approximate surface area is 154 Å². The van der Waals surface area contributed by atoms with E-state index in [0.29, 0.717) is 18.2 Å². The topological polar surface area (TPSA) is 60.2 Å². The fraction of sp³-hybridized carbons (Fsp3) is 0.562. The molecule has 0 radical (unpaired) electrons. The summed E-state index contributed by atoms with van der Waals surface area (Å²) in [5.74, 6) is 0. The van der Waals surface area contributed by atoms with E-state index in [2.05, 4.69) is 30.5 Å². The number of amides is 1. The summed E-state index contributed by atoms with van der Waals surface area (Å²) in [6.07, 6.45) is 5.05. The van der Waals surface area contributed by atoms with Crippen LogP contribution in [0.25, 0.3) is 11.0 Å². The van der Waals surface area contributed by atoms with Crippen LogP contribution in [0.4, 0.5) is 4.79 Å². The fourth-order valence-corrected chi connectivity index (χ4v) is 3.89. The fourth-order valence-electron chi connectivity index (χ4n) is 2.96. The Morgan fingerprint density at radius 1 is 1.42 bits per heavy atom. The molecule has 3 rings (SSSR count). The number of likely N-dealkylation sites (tertiary alicyclic amines) is 1. The molecule has 1 aliphatic heterocycles. The van der Waals surface area contributed by atoms with E-state index in [-0.39, 0.29) is 12.1 Å². The van der Waals surface area contributed by atoms with Gasteiger partial charge in [0, 0.05) is 23.8 Å². The Hall–Kier alpha value is -1.34. The number of piperidine rings is 1. The van der Waals surface area contributed by atoms with Crippen molar-refractivity contribution in [3.8, 4) is 0 Å². The standard InChI is InChI=1S/C16H20BrClN4O2/c1-16(2,3)24-15(23)21-6-4-5-10(7-21)22-8-11(17)12-13(18)19-9-20-14(12)22/h8-10H,4-7H2,1-3H3/t10-/m1/s1. The molecule has 6 nitrogen and oxygen atoms in total. The van der Waals surface area contributed by atoms with Gasteiger partial charge in [0.05, 0.1) is 11.4 Å². The number of rotatable bonds is 1. The third-order valence-electron chi connectivity index (χ3n) is 3.96. The van der Waals surface area contributed by atoms with Crippen molar-refractivity contribution >= 4 is 44.7 Å². The Balaban J connectivity index is 1.86. The minimum Gasteiger partial charge on any atom is -0.444 e. The summed E-state index contributed by atoms with van der Waals surface area (Å²) in [5, 5.41) is 1.22. The van der Waals surface area contributed by atoms with Crippen LogP contribution < -0.4 is 0 Å². The summed E-state index contributed by atoms with van der Waals surface area (Å²) in [6.45, 7) is 6.93. The number of nitrogens with zero attached hydrogens (tertiary/aromatic N) is 4. The molecule has 1 amide bonds. The van der Waals surface area contributed by atoms with Gasteiger partial charge < -0.3 is 14.2 Å². The monoisotopic (exact) mass is 414 g/mol. The summed E-state index contributed by atoms with van der Waals surface area (Å²) in [5.41, 5.74) is 0.284. The maximum absolute atomic E-state index is 12.4. The molecule has 8 heteroatoms. The maximum atomic E-state index is 12.4. The number of hydrogen-bond donors (Lipinski definition) is 0. The van der Waals surface area contributed by atoms with Crippen LogP contribution in [0, 0.1) is 0 Å². The van der Waals surface area contributed by atoms with Gasteiger partial charge in [-0.1, -0.05) is 11.6 Å². The molecule has 1 atom stereocenters. The Bertz CT molecular complexity index is 771. The summed E-state index contributed by atoms with van der Waals surface area (Å²) < 4.78 is 8.43. The zero-order valence-corrected chi connectivity index (χ0v) is 16.3. The van der Waals surface area contributed by atoms with Crippen LogP contribution in [0.3, 0.4) is 0 Å². The highest BCUT2D eigenvalue weighted by Gasteiger charge is 2.29. The van der Waals surface area contributed by atoms with E-state index < -0.39 is 5.60 Å². The van der Waals surface area contributed by atoms with Gasteiger partial charge in [0.15, 0.2) is 0 Å². The van der Waals surface area contributed by atoms with Crippen LogP contribution in [0.5, 0.6) is 0 Å². The van der Waals surface area contributed by atoms with Crippen molar-refractivity contribution < 1.29 is 9.53 Å². The molecule has 0 aliphatic carbocycles. The van der Waals surface area contributed by atoms with E-state index in [9.17, 15) is 4.79 Å². The SMILES string of the molecule is CC(C)(C)OC(=O)N1CCC[C@@H](n2cc(Br)c3c(Cl)ncnc32)C1. The number of carbonyl (C=O) groups excluding carboxylic acids is 1. The average Bonchev–Trinajstić information content (AvgIpc) is 2.84. The molecule has 2 aromatic rings. The molecular weight excluding hydrogens is 396 g/mol. The minimum atomic E-state index is -0.492. The van der Waals surface area contributed by atoms with Crippen molar-refractivity contribution in [1.82, 2.24) is 19.4 Å². The molecule has 3 heterocycles. The molecule has 0 saturated carbocycles. The number of carbonyl (C=O) groups is 1. The van der Waals surface area contributed by atoms with Crippen molar-refractivity contribution in [3.05, 3.63) is 22.1 Å². The highest BCUT2D eigenvalue weighted by Crippen LogP contribution is 2.34. The second-order valence-electron chi connectivity index (χ2n) is 6.97. The van der Waals surface area contributed by atoms with Crippen molar-refractivity contribution in [3.63, 3.8) is 0 Å². The molecular formula is C16H20BrClN4O2. The molecule has 1 saturated heterocycles. The molecule has 2 aromatic heterocycles. The van der Waals surface area contributed by atoms with E-state index in [0.717, 1.165) is 28.3 Å². The van der Waals surface area contributed by atoms with Gasteiger partial charge in [0.25, 0.3) is 0 Å². The second-order valence-corrected chi connectivity index (χ2v) is 8.18. The number of aromatic nitrogens is 3. The van der Waals surface area contributed by atoms with Gasteiger partial charge in [-0.3, -0.25) is 0 Å². The summed E-state index contributed by atoms with van der Waals surface area (Å²) in [7, 11) is 0. The summed E-state index contributed by atoms with van der Waals surface area (Å²) in [6, 6.07) is 0.131. The quantitative estimate of drug-likeness (QED) is 0.647. The number of ether oxygens (including phenoxy) is 1. The smallest absolute Gasteiger partial charge is 0.410 e. The maximum Gasteiger partial charge on any atom is 0.410 e. The van der Waals surface area contributed by atoms with Gasteiger partial charge in [0.1, 0.15) is 22.7 Å². The van der Waals surface area contributed by atoms with Gasteiger partial charge in [-0.25, -0.2) is 14.8 Å². The van der Waals surface area contributed by atoms with Gasteiger partial charge in [-0.15, -0.1) is 0 Å². The number of halogens is 2. The van der Waals surface area contributed by atoms with Crippen molar-refractivity contribution in [2.75, 3.05) is 13.1 Å². The van der Waals surface area contributed by atoms with Crippen LogP contribution in [0.15, 0.2) is 17.0 Å². The first-order chi connectivity index (χ1) is 11.3. The largest absolute Gasteiger partial charge is 0.444 e. The Kier molecular flexibility index (Phi) is 4.75. The highest BCUT2D eigenvalue weighted by molar-refractivity contribution is 9.10. The third kappa shape index (κ3) is 3.52. The lowest BCUT2D eigenvalue weighted by Crippen LogP contribution is -2.43. The van der Waals surface area contributed by atoms with E-state index in [1.165, 1.54) is 6.33 Å². The van der Waals surface area contributed by atoms with E-state index in [4.69, 9.17) is 16.3 Å². The predicted octanol–water partition coefficient (Wildman–Crippen LogP) is 4.42. The van der Waals surface area contributed by atoms with Crippen LogP contribution in [0.2, 0.25) is 5.15 Å². The molecule has 24 heavy (non-hydrogen) atoms. The zero-order chi connectivity index (χ0) is 17.5. The second kappa shape index (κ2) is 6.52. The normalized spacial score (nSPS) is 18.9. The van der Waals surface area contributed by atoms with E-state index in [1.807, 2.05) is 27.0 Å². The molecule has 1 fully saturated rings. The molecule has 1 aliphatic rings. The first kappa shape index (κ1) is 17.5. The first-order valence-corrected chi connectivity index (χ1v) is 9.08. The molecule has 0 N–H and O–H groups in total. The molecule has 0 bridgehead atoms. The van der Waals surface area contributed by atoms with Crippen LogP contribution in [-0.2, 0) is 4.74 Å². The van der Waals surface area contributed by atoms with E-state index in [1.54, 1.807) is 4.90 Å². The van der Waals surface area contributed by atoms with Gasteiger partial charge in [0.2, 0.25) is 0 Å². The lowest BCUT2D eigenvalue weighted by molar-refractivity contribution is 0.0174. The summed E-state index contributed by atoms with van der Waals surface area (Å²) in [4.78, 5) is 22.5. The van der Waals surface area contributed by atoms with Crippen LogP contribution in [-0.4, -0.2) is 44.2 Å². The number of fused-ring (bicyclic) bond motifs is 1. The average molecular weight is 416 g/mol. The van der Waals surface area contributed by atoms with Crippen molar-refractivity contribution in [2.45, 2.75) is 45.3 Å². The zero-order valence-electron chi connectivity index (χ0n) is 13.9. The Morgan fingerprint density at radius 2 is 2.17 bits per heavy atom. The third-order valence-corrected chi connectivity index (χ3v) is 4.85. The molecule has 0 aromatic carbocycles. The first-order valence-electron chi connectivity index (χ1n) is 7.91. The lowest BCUT2D eigenvalue weighted by atomic mass is 10.1. The molecule has 130 valence electrons. The molecule has 0 spiro atoms. The Morgan fingerprint density at radius 3 is 2.88 bits per heavy atom. The van der Waals surface area contributed by atoms with E-state index >= 15 is 0 Å². The lowest BCUT2D eigenvalue weighted by Gasteiger charge is -2.34. The van der Waals surface area contributed by atoms with Crippen molar-refractivity contribution in [1.29, 1.82) is 0 Å². The van der Waals surface area contributed by atoms with Crippen molar-refractivity contribution in [2.24, 2.45) is 0 Å². The minimum absolute atomic E-state index is 0.131. The molecule has 0 unspecified atom stereocenters. The van der Waals surface area contributed by atoms with Crippen LogP contribution >= 0.6 is 27.5 Å². The summed E-state index contributed by atoms with van der Waals surface area (Å²) >= 11 is 9.72. The van der Waals surface area contributed by atoms with Gasteiger partial charge in [-0.05, 0) is 49.5 Å². The predicted molar refractivity (Wildman–Crippen MR) is 96.3 cm³/mol. The van der Waals surface area contributed by atoms with Crippen LogP contribution in [0.1, 0.15) is 39.7 Å². The van der Waals surface area contributed by atoms with Gasteiger partial charge >= 0.3 is 6.09 Å². The van der Waals surface area contributed by atoms with Gasteiger partial charge in [-0.2, -0.15) is 0 Å².